The van der Waals surface area contributed by atoms with Crippen molar-refractivity contribution in [3.8, 4) is 0 Å². The first-order chi connectivity index (χ1) is 15.6. The molecule has 1 aliphatic rings. The largest absolute Gasteiger partial charge is 0.480 e. The van der Waals surface area contributed by atoms with E-state index in [0.717, 1.165) is 24.0 Å². The van der Waals surface area contributed by atoms with Crippen LogP contribution in [0.5, 0.6) is 0 Å². The summed E-state index contributed by atoms with van der Waals surface area (Å²) in [4.78, 5) is 26.9. The molecule has 0 radical (unpaired) electrons. The number of ether oxygens (including phenoxy) is 1. The highest BCUT2D eigenvalue weighted by atomic mass is 16.5. The molecule has 0 unspecified atom stereocenters. The topological polar surface area (TPSA) is 66.8 Å². The van der Waals surface area contributed by atoms with Gasteiger partial charge in [0.25, 0.3) is 0 Å². The summed E-state index contributed by atoms with van der Waals surface area (Å²) in [6, 6.07) is 28.1. The zero-order valence-electron chi connectivity index (χ0n) is 17.8. The minimum absolute atomic E-state index is 0.209. The Balaban J connectivity index is 1.42. The second kappa shape index (κ2) is 10.2. The van der Waals surface area contributed by atoms with E-state index < -0.39 is 24.0 Å². The zero-order valence-corrected chi connectivity index (χ0v) is 17.8. The van der Waals surface area contributed by atoms with Gasteiger partial charge in [-0.25, -0.2) is 4.79 Å². The van der Waals surface area contributed by atoms with Crippen LogP contribution in [0.3, 0.4) is 0 Å². The number of carbonyl (C=O) groups excluding carboxylic acids is 1. The molecule has 1 saturated heterocycles. The van der Waals surface area contributed by atoms with E-state index in [9.17, 15) is 14.7 Å². The Labute approximate surface area is 188 Å². The van der Waals surface area contributed by atoms with Gasteiger partial charge in [-0.1, -0.05) is 91.0 Å². The van der Waals surface area contributed by atoms with Gasteiger partial charge >= 0.3 is 5.97 Å². The molecule has 2 atom stereocenters. The number of carboxylic acids is 1. The smallest absolute Gasteiger partial charge is 0.329 e. The lowest BCUT2D eigenvalue weighted by molar-refractivity contribution is -0.177. The predicted octanol–water partition coefficient (Wildman–Crippen LogP) is 4.13. The first-order valence-electron chi connectivity index (χ1n) is 10.9. The highest BCUT2D eigenvalue weighted by molar-refractivity contribution is 5.92. The van der Waals surface area contributed by atoms with E-state index in [2.05, 4.69) is 12.1 Å². The number of aliphatic carboxylic acids is 1. The van der Waals surface area contributed by atoms with Crippen LogP contribution in [0.2, 0.25) is 0 Å². The lowest BCUT2D eigenvalue weighted by atomic mass is 9.87. The van der Waals surface area contributed by atoms with Gasteiger partial charge in [-0.2, -0.15) is 0 Å². The average molecular weight is 430 g/mol. The van der Waals surface area contributed by atoms with Gasteiger partial charge in [0.2, 0.25) is 5.91 Å². The highest BCUT2D eigenvalue weighted by Crippen LogP contribution is 2.32. The van der Waals surface area contributed by atoms with Crippen molar-refractivity contribution >= 4 is 11.9 Å². The number of hydrogen-bond acceptors (Lipinski definition) is 3. The van der Waals surface area contributed by atoms with Crippen molar-refractivity contribution in [1.29, 1.82) is 0 Å². The summed E-state index contributed by atoms with van der Waals surface area (Å²) in [5.74, 6) is -1.78. The molecular weight excluding hydrogens is 402 g/mol. The van der Waals surface area contributed by atoms with Gasteiger partial charge in [0.1, 0.15) is 6.10 Å². The minimum Gasteiger partial charge on any atom is -0.480 e. The molecule has 0 bridgehead atoms. The third-order valence-corrected chi connectivity index (χ3v) is 5.90. The molecule has 0 saturated carbocycles. The summed E-state index contributed by atoms with van der Waals surface area (Å²) in [5, 5.41) is 9.81. The molecule has 3 aromatic rings. The van der Waals surface area contributed by atoms with Crippen molar-refractivity contribution in [3.05, 3.63) is 108 Å². The van der Waals surface area contributed by atoms with E-state index in [1.54, 1.807) is 0 Å². The fraction of sp³-hybridized carbons (Fsp3) is 0.259. The zero-order chi connectivity index (χ0) is 22.3. The molecule has 0 aliphatic carbocycles. The second-order valence-electron chi connectivity index (χ2n) is 8.03. The summed E-state index contributed by atoms with van der Waals surface area (Å²) in [6.45, 7) is 0.753. The van der Waals surface area contributed by atoms with Gasteiger partial charge in [-0.15, -0.1) is 0 Å². The molecule has 1 fully saturated rings. The van der Waals surface area contributed by atoms with Crippen LogP contribution in [0.25, 0.3) is 0 Å². The number of nitrogens with zero attached hydrogens (tertiary/aromatic N) is 1. The van der Waals surface area contributed by atoms with Crippen LogP contribution in [0.4, 0.5) is 0 Å². The highest BCUT2D eigenvalue weighted by Gasteiger charge is 2.49. The quantitative estimate of drug-likeness (QED) is 0.520. The van der Waals surface area contributed by atoms with Crippen molar-refractivity contribution in [2.75, 3.05) is 13.2 Å². The van der Waals surface area contributed by atoms with Gasteiger partial charge in [0.05, 0.1) is 12.5 Å². The Hall–Kier alpha value is -3.44. The van der Waals surface area contributed by atoms with Gasteiger partial charge in [0, 0.05) is 6.61 Å². The molecule has 1 amide bonds. The number of benzene rings is 3. The van der Waals surface area contributed by atoms with E-state index in [-0.39, 0.29) is 12.5 Å². The van der Waals surface area contributed by atoms with Crippen molar-refractivity contribution in [2.24, 2.45) is 0 Å². The number of aryl methyl sites for hydroxylation is 1. The van der Waals surface area contributed by atoms with Crippen LogP contribution in [-0.4, -0.2) is 47.2 Å². The van der Waals surface area contributed by atoms with Crippen LogP contribution < -0.4 is 0 Å². The van der Waals surface area contributed by atoms with Crippen molar-refractivity contribution in [1.82, 2.24) is 4.90 Å². The summed E-state index contributed by atoms with van der Waals surface area (Å²) < 4.78 is 5.87. The summed E-state index contributed by atoms with van der Waals surface area (Å²) >= 11 is 0. The van der Waals surface area contributed by atoms with Gasteiger partial charge in [0.15, 0.2) is 6.04 Å². The van der Waals surface area contributed by atoms with Crippen LogP contribution in [0, 0.1) is 0 Å². The molecule has 0 aromatic heterocycles. The second-order valence-corrected chi connectivity index (χ2v) is 8.03. The lowest BCUT2D eigenvalue weighted by Gasteiger charge is -2.46. The molecule has 32 heavy (non-hydrogen) atoms. The molecule has 5 nitrogen and oxygen atoms in total. The van der Waals surface area contributed by atoms with Crippen molar-refractivity contribution in [3.63, 3.8) is 0 Å². The first-order valence-corrected chi connectivity index (χ1v) is 10.9. The Kier molecular flexibility index (Phi) is 6.97. The molecule has 164 valence electrons. The number of rotatable bonds is 9. The van der Waals surface area contributed by atoms with E-state index in [4.69, 9.17) is 4.74 Å². The Morgan fingerprint density at radius 3 is 1.94 bits per heavy atom. The Morgan fingerprint density at radius 1 is 0.875 bits per heavy atom. The molecule has 5 heteroatoms. The third kappa shape index (κ3) is 4.89. The number of amides is 1. The first kappa shape index (κ1) is 21.8. The summed E-state index contributed by atoms with van der Waals surface area (Å²) in [5.41, 5.74) is 2.92. The van der Waals surface area contributed by atoms with Gasteiger partial charge in [-0.3, -0.25) is 4.79 Å². The predicted molar refractivity (Wildman–Crippen MR) is 122 cm³/mol. The van der Waals surface area contributed by atoms with E-state index >= 15 is 0 Å². The monoisotopic (exact) mass is 429 g/mol. The number of carbonyl (C=O) groups is 2. The van der Waals surface area contributed by atoms with Crippen LogP contribution in [0.15, 0.2) is 91.0 Å². The maximum atomic E-state index is 13.5. The fourth-order valence-corrected chi connectivity index (χ4v) is 4.22. The molecule has 1 N–H and O–H groups in total. The van der Waals surface area contributed by atoms with Crippen LogP contribution in [-0.2, 0) is 20.7 Å². The van der Waals surface area contributed by atoms with Gasteiger partial charge < -0.3 is 14.7 Å². The summed E-state index contributed by atoms with van der Waals surface area (Å²) in [7, 11) is 0. The third-order valence-electron chi connectivity index (χ3n) is 5.90. The Bertz CT molecular complexity index is 984. The number of hydrogen-bond donors (Lipinski definition) is 1. The molecule has 1 aliphatic heterocycles. The van der Waals surface area contributed by atoms with E-state index in [1.807, 2.05) is 78.9 Å². The molecule has 0 spiro atoms. The average Bonchev–Trinajstić information content (AvgIpc) is 2.80. The fourth-order valence-electron chi connectivity index (χ4n) is 4.22. The van der Waals surface area contributed by atoms with E-state index in [0.29, 0.717) is 6.61 Å². The minimum atomic E-state index is -1.03. The van der Waals surface area contributed by atoms with E-state index in [1.165, 1.54) is 10.5 Å². The normalized spacial score (nSPS) is 17.7. The summed E-state index contributed by atoms with van der Waals surface area (Å²) in [6.07, 6.45) is 1.19. The maximum absolute atomic E-state index is 13.5. The molecule has 3 aromatic carbocycles. The standard InChI is InChI=1S/C27H27NO4/c29-26(24(21-14-6-2-7-15-21)22-16-8-3-9-17-22)28-19-23(25(28)27(30)31)32-18-10-13-20-11-4-1-5-12-20/h1-9,11-12,14-17,23-25H,10,13,18-19H2,(H,30,31)/t23-,25-/m0/s1. The van der Waals surface area contributed by atoms with Crippen molar-refractivity contribution < 1.29 is 19.4 Å². The number of likely N-dealkylation sites (tertiary alicyclic amines) is 1. The van der Waals surface area contributed by atoms with Crippen LogP contribution in [0.1, 0.15) is 29.0 Å². The maximum Gasteiger partial charge on any atom is 0.329 e. The Morgan fingerprint density at radius 2 is 1.41 bits per heavy atom. The van der Waals surface area contributed by atoms with Crippen molar-refractivity contribution in [2.45, 2.75) is 30.9 Å². The lowest BCUT2D eigenvalue weighted by Crippen LogP contribution is -2.67. The molecule has 4 rings (SSSR count). The molecule has 1 heterocycles. The molecular formula is C27H27NO4. The number of carboxylic acid groups (broad SMARTS) is 1. The SMILES string of the molecule is O=C(O)[C@@H]1[C@@H](OCCCc2ccccc2)CN1C(=O)C(c1ccccc1)c1ccccc1. The van der Waals surface area contributed by atoms with Gasteiger partial charge in [-0.05, 0) is 29.5 Å². The van der Waals surface area contributed by atoms with Crippen LogP contribution >= 0.6 is 0 Å².